The van der Waals surface area contributed by atoms with Crippen LogP contribution in [-0.4, -0.2) is 41.3 Å². The molecule has 7 nitrogen and oxygen atoms in total. The minimum Gasteiger partial charge on any atom is -0.362 e. The van der Waals surface area contributed by atoms with Crippen LogP contribution in [0.4, 0.5) is 17.3 Å². The van der Waals surface area contributed by atoms with Crippen molar-refractivity contribution in [3.8, 4) is 0 Å². The quantitative estimate of drug-likeness (QED) is 0.379. The van der Waals surface area contributed by atoms with Gasteiger partial charge in [0.15, 0.2) is 5.16 Å². The summed E-state index contributed by atoms with van der Waals surface area (Å²) in [4.78, 5) is 20.7. The van der Waals surface area contributed by atoms with Gasteiger partial charge in [0.2, 0.25) is 11.6 Å². The third-order valence-electron chi connectivity index (χ3n) is 2.06. The molecule has 0 spiro atoms. The zero-order valence-corrected chi connectivity index (χ0v) is 11.9. The number of nitrogens with one attached hydrogen (secondary N) is 1. The summed E-state index contributed by atoms with van der Waals surface area (Å²) in [5.41, 5.74) is -0.0912. The zero-order valence-electron chi connectivity index (χ0n) is 11.1. The Morgan fingerprint density at radius 2 is 2.00 bits per heavy atom. The molecule has 1 aromatic heterocycles. The fraction of sp³-hybridized carbons (Fsp3) is 0.600. The first-order chi connectivity index (χ1) is 8.36. The first kappa shape index (κ1) is 14.5. The van der Waals surface area contributed by atoms with Crippen LogP contribution in [-0.2, 0) is 0 Å². The molecular formula is C10H17N5O2S. The molecule has 0 atom stereocenters. The van der Waals surface area contributed by atoms with Gasteiger partial charge in [0, 0.05) is 20.1 Å². The molecule has 18 heavy (non-hydrogen) atoms. The van der Waals surface area contributed by atoms with Crippen LogP contribution in [0.25, 0.3) is 0 Å². The maximum absolute atomic E-state index is 11.2. The van der Waals surface area contributed by atoms with Gasteiger partial charge in [-0.1, -0.05) is 11.8 Å². The number of rotatable bonds is 5. The molecular weight excluding hydrogens is 254 g/mol. The Morgan fingerprint density at radius 3 is 2.39 bits per heavy atom. The molecule has 8 heteroatoms. The van der Waals surface area contributed by atoms with E-state index in [1.165, 1.54) is 11.8 Å². The first-order valence-electron chi connectivity index (χ1n) is 5.41. The van der Waals surface area contributed by atoms with E-state index in [1.807, 2.05) is 20.1 Å². The SMILES string of the molecule is CSc1nc(NC(C)C)c([N+](=O)[O-])c(N(C)C)n1. The van der Waals surface area contributed by atoms with E-state index in [2.05, 4.69) is 15.3 Å². The van der Waals surface area contributed by atoms with Crippen molar-refractivity contribution < 1.29 is 4.92 Å². The van der Waals surface area contributed by atoms with Gasteiger partial charge in [0.05, 0.1) is 4.92 Å². The number of nitro groups is 1. The smallest absolute Gasteiger partial charge is 0.353 e. The van der Waals surface area contributed by atoms with Crippen LogP contribution in [0.3, 0.4) is 0 Å². The van der Waals surface area contributed by atoms with Crippen molar-refractivity contribution in [1.82, 2.24) is 9.97 Å². The van der Waals surface area contributed by atoms with Crippen molar-refractivity contribution in [3.05, 3.63) is 10.1 Å². The van der Waals surface area contributed by atoms with Gasteiger partial charge in [-0.2, -0.15) is 9.97 Å². The van der Waals surface area contributed by atoms with Gasteiger partial charge >= 0.3 is 5.69 Å². The molecule has 0 aromatic carbocycles. The fourth-order valence-electron chi connectivity index (χ4n) is 1.37. The highest BCUT2D eigenvalue weighted by molar-refractivity contribution is 7.98. The summed E-state index contributed by atoms with van der Waals surface area (Å²) in [5.74, 6) is 0.570. The van der Waals surface area contributed by atoms with Crippen LogP contribution in [0.5, 0.6) is 0 Å². The molecule has 0 saturated heterocycles. The van der Waals surface area contributed by atoms with Crippen LogP contribution in [0, 0.1) is 10.1 Å². The molecule has 100 valence electrons. The molecule has 0 amide bonds. The molecule has 1 N–H and O–H groups in total. The second kappa shape index (κ2) is 5.85. The monoisotopic (exact) mass is 271 g/mol. The lowest BCUT2D eigenvalue weighted by Gasteiger charge is -2.16. The summed E-state index contributed by atoms with van der Waals surface area (Å²) in [7, 11) is 3.44. The van der Waals surface area contributed by atoms with Crippen molar-refractivity contribution in [2.24, 2.45) is 0 Å². The molecule has 0 radical (unpaired) electrons. The number of hydrogen-bond donors (Lipinski definition) is 1. The van der Waals surface area contributed by atoms with E-state index in [1.54, 1.807) is 19.0 Å². The molecule has 0 aliphatic heterocycles. The lowest BCUT2D eigenvalue weighted by Crippen LogP contribution is -2.18. The summed E-state index contributed by atoms with van der Waals surface area (Å²) in [6.45, 7) is 3.81. The van der Waals surface area contributed by atoms with Crippen molar-refractivity contribution in [2.75, 3.05) is 30.6 Å². The Labute approximate surface area is 110 Å². The first-order valence-corrected chi connectivity index (χ1v) is 6.63. The molecule has 1 rings (SSSR count). The minimum absolute atomic E-state index is 0.0586. The minimum atomic E-state index is -0.454. The third kappa shape index (κ3) is 3.22. The summed E-state index contributed by atoms with van der Waals surface area (Å²) in [6.07, 6.45) is 1.83. The van der Waals surface area contributed by atoms with Gasteiger partial charge in [-0.3, -0.25) is 10.1 Å². The summed E-state index contributed by atoms with van der Waals surface area (Å²) in [5, 5.41) is 14.7. The van der Waals surface area contributed by atoms with Gasteiger partial charge in [-0.05, 0) is 20.1 Å². The normalized spacial score (nSPS) is 10.6. The molecule has 0 aliphatic carbocycles. The van der Waals surface area contributed by atoms with E-state index in [9.17, 15) is 10.1 Å². The van der Waals surface area contributed by atoms with Gasteiger partial charge in [-0.15, -0.1) is 0 Å². The van der Waals surface area contributed by atoms with Gasteiger partial charge < -0.3 is 10.2 Å². The van der Waals surface area contributed by atoms with E-state index >= 15 is 0 Å². The molecule has 1 aromatic rings. The number of thioether (sulfide) groups is 1. The second-order valence-electron chi connectivity index (χ2n) is 4.18. The lowest BCUT2D eigenvalue weighted by atomic mass is 10.3. The molecule has 0 aliphatic rings. The van der Waals surface area contributed by atoms with Crippen molar-refractivity contribution in [3.63, 3.8) is 0 Å². The highest BCUT2D eigenvalue weighted by atomic mass is 32.2. The third-order valence-corrected chi connectivity index (χ3v) is 2.61. The molecule has 0 bridgehead atoms. The van der Waals surface area contributed by atoms with E-state index in [4.69, 9.17) is 0 Å². The van der Waals surface area contributed by atoms with Crippen LogP contribution in [0.15, 0.2) is 5.16 Å². The van der Waals surface area contributed by atoms with Gasteiger partial charge in [0.25, 0.3) is 0 Å². The highest BCUT2D eigenvalue weighted by Crippen LogP contribution is 2.33. The zero-order chi connectivity index (χ0) is 13.9. The van der Waals surface area contributed by atoms with Crippen LogP contribution >= 0.6 is 11.8 Å². The summed E-state index contributed by atoms with van der Waals surface area (Å²) >= 11 is 1.35. The summed E-state index contributed by atoms with van der Waals surface area (Å²) < 4.78 is 0. The molecule has 0 fully saturated rings. The molecule has 1 heterocycles. The topological polar surface area (TPSA) is 84.2 Å². The van der Waals surface area contributed by atoms with E-state index in [0.29, 0.717) is 11.0 Å². The largest absolute Gasteiger partial charge is 0.362 e. The van der Waals surface area contributed by atoms with Gasteiger partial charge in [-0.25, -0.2) is 0 Å². The molecule has 0 unspecified atom stereocenters. The van der Waals surface area contributed by atoms with E-state index < -0.39 is 4.92 Å². The van der Waals surface area contributed by atoms with Crippen LogP contribution < -0.4 is 10.2 Å². The van der Waals surface area contributed by atoms with Gasteiger partial charge in [0.1, 0.15) is 0 Å². The van der Waals surface area contributed by atoms with E-state index in [0.717, 1.165) is 0 Å². The number of nitrogens with zero attached hydrogens (tertiary/aromatic N) is 4. The maximum Gasteiger partial charge on any atom is 0.353 e. The lowest BCUT2D eigenvalue weighted by molar-refractivity contribution is -0.383. The Bertz CT molecular complexity index is 450. The predicted molar refractivity (Wildman–Crippen MR) is 73.6 cm³/mol. The average Bonchev–Trinajstić information content (AvgIpc) is 2.26. The second-order valence-corrected chi connectivity index (χ2v) is 4.96. The number of aromatic nitrogens is 2. The Balaban J connectivity index is 3.44. The van der Waals surface area contributed by atoms with Crippen molar-refractivity contribution >= 4 is 29.1 Å². The summed E-state index contributed by atoms with van der Waals surface area (Å²) in [6, 6.07) is 0.0586. The Hall–Kier alpha value is -1.57. The Kier molecular flexibility index (Phi) is 4.71. The highest BCUT2D eigenvalue weighted by Gasteiger charge is 2.26. The van der Waals surface area contributed by atoms with Crippen LogP contribution in [0.2, 0.25) is 0 Å². The standard InChI is InChI=1S/C10H17N5O2S/c1-6(2)11-8-7(15(16)17)9(14(3)4)13-10(12-8)18-5/h6H,1-5H3,(H,11,12,13). The number of hydrogen-bond acceptors (Lipinski definition) is 7. The van der Waals surface area contributed by atoms with E-state index in [-0.39, 0.29) is 17.5 Å². The number of anilines is 2. The predicted octanol–water partition coefficient (Wildman–Crippen LogP) is 1.99. The van der Waals surface area contributed by atoms with Crippen molar-refractivity contribution in [2.45, 2.75) is 25.0 Å². The Morgan fingerprint density at radius 1 is 1.39 bits per heavy atom. The maximum atomic E-state index is 11.2. The van der Waals surface area contributed by atoms with Crippen molar-refractivity contribution in [1.29, 1.82) is 0 Å². The molecule has 0 saturated carbocycles. The fourth-order valence-corrected chi connectivity index (χ4v) is 1.73. The van der Waals surface area contributed by atoms with Crippen LogP contribution in [0.1, 0.15) is 13.8 Å². The average molecular weight is 271 g/mol.